The first-order chi connectivity index (χ1) is 8.35. The van der Waals surface area contributed by atoms with Crippen LogP contribution in [0.5, 0.6) is 0 Å². The summed E-state index contributed by atoms with van der Waals surface area (Å²) in [7, 11) is 0. The minimum atomic E-state index is 0.790. The summed E-state index contributed by atoms with van der Waals surface area (Å²) in [6, 6.07) is 9.13. The maximum atomic E-state index is 2.45. The average Bonchev–Trinajstić information content (AvgIpc) is 2.87. The standard InChI is InChI=1S/C17H22/c1-3-7-14-10-12(4-2)16-11-13-8-5-6-9-15(13)17(14)16/h3,5-9,12,14,16-17H,4,10-11H2,1-2H3/b7-3+. The SMILES string of the molecule is C/C=C/C1CC(CC)C2Cc3ccccc3C12. The lowest BCUT2D eigenvalue weighted by atomic mass is 9.86. The highest BCUT2D eigenvalue weighted by atomic mass is 14.5. The maximum Gasteiger partial charge on any atom is -0.00620 e. The highest BCUT2D eigenvalue weighted by Gasteiger charge is 2.46. The molecule has 0 N–H and O–H groups in total. The second kappa shape index (κ2) is 4.33. The minimum absolute atomic E-state index is 0.790. The molecule has 0 heterocycles. The zero-order valence-electron chi connectivity index (χ0n) is 10.9. The Morgan fingerprint density at radius 1 is 1.29 bits per heavy atom. The van der Waals surface area contributed by atoms with Crippen molar-refractivity contribution in [1.29, 1.82) is 0 Å². The summed E-state index contributed by atoms with van der Waals surface area (Å²) in [4.78, 5) is 0. The summed E-state index contributed by atoms with van der Waals surface area (Å²) in [5.74, 6) is 3.46. The first-order valence-electron chi connectivity index (χ1n) is 7.05. The van der Waals surface area contributed by atoms with Crippen LogP contribution >= 0.6 is 0 Å². The molecule has 17 heavy (non-hydrogen) atoms. The van der Waals surface area contributed by atoms with E-state index in [0.29, 0.717) is 0 Å². The van der Waals surface area contributed by atoms with Crippen molar-refractivity contribution in [1.82, 2.24) is 0 Å². The van der Waals surface area contributed by atoms with Gasteiger partial charge in [-0.3, -0.25) is 0 Å². The molecule has 0 heteroatoms. The Morgan fingerprint density at radius 3 is 2.88 bits per heavy atom. The van der Waals surface area contributed by atoms with E-state index in [-0.39, 0.29) is 0 Å². The number of hydrogen-bond acceptors (Lipinski definition) is 0. The Bertz CT molecular complexity index is 429. The van der Waals surface area contributed by atoms with Gasteiger partial charge < -0.3 is 0 Å². The molecular weight excluding hydrogens is 204 g/mol. The molecule has 0 bridgehead atoms. The number of hydrogen-bond donors (Lipinski definition) is 0. The van der Waals surface area contributed by atoms with E-state index in [2.05, 4.69) is 50.3 Å². The van der Waals surface area contributed by atoms with Crippen LogP contribution in [-0.2, 0) is 6.42 Å². The summed E-state index contributed by atoms with van der Waals surface area (Å²) in [6.07, 6.45) is 8.79. The molecule has 0 aliphatic heterocycles. The maximum absolute atomic E-state index is 2.45. The van der Waals surface area contributed by atoms with Crippen LogP contribution in [0.1, 0.15) is 43.7 Å². The highest BCUT2D eigenvalue weighted by Crippen LogP contribution is 2.55. The van der Waals surface area contributed by atoms with Gasteiger partial charge in [0.2, 0.25) is 0 Å². The normalized spacial score (nSPS) is 35.2. The molecule has 90 valence electrons. The zero-order valence-corrected chi connectivity index (χ0v) is 10.9. The zero-order chi connectivity index (χ0) is 11.8. The second-order valence-corrected chi connectivity index (χ2v) is 5.69. The molecule has 2 aliphatic rings. The quantitative estimate of drug-likeness (QED) is 0.648. The minimum Gasteiger partial charge on any atom is -0.0914 e. The van der Waals surface area contributed by atoms with Gasteiger partial charge in [-0.25, -0.2) is 0 Å². The Labute approximate surface area is 105 Å². The Hall–Kier alpha value is -1.04. The molecule has 2 aliphatic carbocycles. The number of allylic oxidation sites excluding steroid dienone is 2. The van der Waals surface area contributed by atoms with Crippen LogP contribution in [0.15, 0.2) is 36.4 Å². The number of fused-ring (bicyclic) bond motifs is 3. The van der Waals surface area contributed by atoms with E-state index in [1.807, 2.05) is 0 Å². The average molecular weight is 226 g/mol. The summed E-state index contributed by atoms with van der Waals surface area (Å²) >= 11 is 0. The lowest BCUT2D eigenvalue weighted by molar-refractivity contribution is 0.370. The molecular formula is C17H22. The van der Waals surface area contributed by atoms with Gasteiger partial charge in [-0.2, -0.15) is 0 Å². The van der Waals surface area contributed by atoms with Crippen LogP contribution < -0.4 is 0 Å². The largest absolute Gasteiger partial charge is 0.0914 e. The van der Waals surface area contributed by atoms with Gasteiger partial charge in [-0.15, -0.1) is 0 Å². The van der Waals surface area contributed by atoms with Gasteiger partial charge >= 0.3 is 0 Å². The van der Waals surface area contributed by atoms with Gasteiger partial charge in [0.15, 0.2) is 0 Å². The third kappa shape index (κ3) is 1.66. The second-order valence-electron chi connectivity index (χ2n) is 5.69. The number of benzene rings is 1. The molecule has 1 saturated carbocycles. The molecule has 0 radical (unpaired) electrons. The van der Waals surface area contributed by atoms with Gasteiger partial charge in [0.05, 0.1) is 0 Å². The van der Waals surface area contributed by atoms with Gasteiger partial charge in [0, 0.05) is 0 Å². The monoisotopic (exact) mass is 226 g/mol. The fourth-order valence-corrected chi connectivity index (χ4v) is 4.25. The van der Waals surface area contributed by atoms with Crippen LogP contribution in [0.4, 0.5) is 0 Å². The molecule has 0 aromatic heterocycles. The predicted octanol–water partition coefficient (Wildman–Crippen LogP) is 4.56. The summed E-state index contributed by atoms with van der Waals surface area (Å²) in [6.45, 7) is 4.53. The summed E-state index contributed by atoms with van der Waals surface area (Å²) < 4.78 is 0. The van der Waals surface area contributed by atoms with Crippen molar-refractivity contribution in [3.63, 3.8) is 0 Å². The van der Waals surface area contributed by atoms with Crippen molar-refractivity contribution in [2.75, 3.05) is 0 Å². The lowest BCUT2D eigenvalue weighted by Crippen LogP contribution is -2.10. The van der Waals surface area contributed by atoms with E-state index in [0.717, 1.165) is 23.7 Å². The van der Waals surface area contributed by atoms with E-state index < -0.39 is 0 Å². The lowest BCUT2D eigenvalue weighted by Gasteiger charge is -2.17. The molecule has 4 atom stereocenters. The molecule has 1 aromatic carbocycles. The molecule has 0 nitrogen and oxygen atoms in total. The van der Waals surface area contributed by atoms with E-state index in [4.69, 9.17) is 0 Å². The van der Waals surface area contributed by atoms with E-state index in [9.17, 15) is 0 Å². The van der Waals surface area contributed by atoms with E-state index in [1.54, 1.807) is 11.1 Å². The van der Waals surface area contributed by atoms with Gasteiger partial charge in [-0.1, -0.05) is 49.8 Å². The van der Waals surface area contributed by atoms with Crippen LogP contribution in [-0.4, -0.2) is 0 Å². The van der Waals surface area contributed by atoms with Crippen molar-refractivity contribution >= 4 is 0 Å². The molecule has 0 amide bonds. The smallest absolute Gasteiger partial charge is 0.00620 e. The first-order valence-corrected chi connectivity index (χ1v) is 7.05. The molecule has 1 fully saturated rings. The van der Waals surface area contributed by atoms with Crippen molar-refractivity contribution < 1.29 is 0 Å². The fraction of sp³-hybridized carbons (Fsp3) is 0.529. The van der Waals surface area contributed by atoms with Crippen LogP contribution in [0, 0.1) is 17.8 Å². The van der Waals surface area contributed by atoms with Gasteiger partial charge in [-0.05, 0) is 54.6 Å². The van der Waals surface area contributed by atoms with Crippen molar-refractivity contribution in [2.45, 2.75) is 39.0 Å². The van der Waals surface area contributed by atoms with Crippen LogP contribution in [0.25, 0.3) is 0 Å². The van der Waals surface area contributed by atoms with Gasteiger partial charge in [0.1, 0.15) is 0 Å². The third-order valence-corrected chi connectivity index (χ3v) is 4.94. The van der Waals surface area contributed by atoms with Crippen molar-refractivity contribution in [2.24, 2.45) is 17.8 Å². The van der Waals surface area contributed by atoms with Gasteiger partial charge in [0.25, 0.3) is 0 Å². The molecule has 1 aromatic rings. The van der Waals surface area contributed by atoms with Crippen molar-refractivity contribution in [3.8, 4) is 0 Å². The fourth-order valence-electron chi connectivity index (χ4n) is 4.25. The van der Waals surface area contributed by atoms with Crippen LogP contribution in [0.2, 0.25) is 0 Å². The Kier molecular flexibility index (Phi) is 2.82. The van der Waals surface area contributed by atoms with Crippen LogP contribution in [0.3, 0.4) is 0 Å². The van der Waals surface area contributed by atoms with Crippen molar-refractivity contribution in [3.05, 3.63) is 47.5 Å². The molecule has 3 rings (SSSR count). The topological polar surface area (TPSA) is 0 Å². The highest BCUT2D eigenvalue weighted by molar-refractivity contribution is 5.39. The molecule has 4 unspecified atom stereocenters. The Morgan fingerprint density at radius 2 is 2.12 bits per heavy atom. The molecule has 0 spiro atoms. The van der Waals surface area contributed by atoms with E-state index >= 15 is 0 Å². The van der Waals surface area contributed by atoms with E-state index in [1.165, 1.54) is 19.3 Å². The summed E-state index contributed by atoms with van der Waals surface area (Å²) in [5, 5.41) is 0. The number of rotatable bonds is 2. The predicted molar refractivity (Wildman–Crippen MR) is 73.1 cm³/mol. The molecule has 0 saturated heterocycles. The Balaban J connectivity index is 1.99. The first kappa shape index (κ1) is 11.1. The summed E-state index contributed by atoms with van der Waals surface area (Å²) in [5.41, 5.74) is 3.27. The third-order valence-electron chi connectivity index (χ3n) is 4.94.